The molecule has 0 unspecified atom stereocenters. The van der Waals surface area contributed by atoms with Crippen molar-refractivity contribution >= 4 is 33.9 Å². The van der Waals surface area contributed by atoms with Gasteiger partial charge in [-0.2, -0.15) is 0 Å². The van der Waals surface area contributed by atoms with E-state index in [1.807, 2.05) is 0 Å². The Bertz CT molecular complexity index is 773. The Morgan fingerprint density at radius 1 is 1.40 bits per heavy atom. The Labute approximate surface area is 149 Å². The molecule has 1 aromatic carbocycles. The highest BCUT2D eigenvalue weighted by Crippen LogP contribution is 2.35. The first-order valence-corrected chi connectivity index (χ1v) is 8.65. The summed E-state index contributed by atoms with van der Waals surface area (Å²) in [7, 11) is 0. The van der Waals surface area contributed by atoms with E-state index in [1.165, 1.54) is 23.1 Å². The molecular formula is C16H21FN5O2S+. The molecule has 0 bridgehead atoms. The quantitative estimate of drug-likeness (QED) is 0.365. The lowest BCUT2D eigenvalue weighted by molar-refractivity contribution is -0.908. The highest BCUT2D eigenvalue weighted by atomic mass is 32.1. The molecule has 1 saturated heterocycles. The Hall–Kier alpha value is -2.10. The Morgan fingerprint density at radius 3 is 3.00 bits per heavy atom. The lowest BCUT2D eigenvalue weighted by Crippen LogP contribution is -3.14. The third-order valence-electron chi connectivity index (χ3n) is 4.14. The van der Waals surface area contributed by atoms with Gasteiger partial charge in [-0.05, 0) is 30.4 Å². The number of aromatic hydroxyl groups is 1. The van der Waals surface area contributed by atoms with E-state index in [4.69, 9.17) is 17.0 Å². The molecule has 2 heterocycles. The van der Waals surface area contributed by atoms with Crippen LogP contribution < -0.4 is 10.2 Å². The summed E-state index contributed by atoms with van der Waals surface area (Å²) >= 11 is 5.13. The zero-order valence-corrected chi connectivity index (χ0v) is 14.5. The second-order valence-electron chi connectivity index (χ2n) is 5.91. The third-order valence-corrected chi connectivity index (χ3v) is 4.36. The van der Waals surface area contributed by atoms with Gasteiger partial charge in [0.1, 0.15) is 18.9 Å². The predicted octanol–water partition coefficient (Wildman–Crippen LogP) is 1.28. The molecule has 4 N–H and O–H groups in total. The van der Waals surface area contributed by atoms with Crippen LogP contribution in [0.3, 0.4) is 0 Å². The van der Waals surface area contributed by atoms with Crippen LogP contribution in [0.5, 0.6) is 5.88 Å². The first kappa shape index (κ1) is 17.7. The first-order chi connectivity index (χ1) is 12.1. The maximum Gasteiger partial charge on any atom is 0.218 e. The van der Waals surface area contributed by atoms with Crippen molar-refractivity contribution in [2.45, 2.75) is 6.42 Å². The van der Waals surface area contributed by atoms with Gasteiger partial charge in [0.2, 0.25) is 11.0 Å². The lowest BCUT2D eigenvalue weighted by Gasteiger charge is -2.23. The minimum absolute atomic E-state index is 0.164. The van der Waals surface area contributed by atoms with E-state index in [0.717, 1.165) is 39.3 Å². The van der Waals surface area contributed by atoms with Gasteiger partial charge in [0.15, 0.2) is 5.69 Å². The normalized spacial score (nSPS) is 15.9. The molecule has 1 fully saturated rings. The Balaban J connectivity index is 1.50. The number of fused-ring (bicyclic) bond motifs is 1. The van der Waals surface area contributed by atoms with Gasteiger partial charge in [0.05, 0.1) is 25.3 Å². The topological polar surface area (TPSA) is 86.4 Å². The average molecular weight is 366 g/mol. The summed E-state index contributed by atoms with van der Waals surface area (Å²) in [5.74, 6) is -0.556. The van der Waals surface area contributed by atoms with Crippen LogP contribution in [0.2, 0.25) is 0 Å². The SMILES string of the molecule is Oc1[nH]c2cc(F)ccc2c1N=NC(=S)NCCC[NH+]1CCOCC1. The van der Waals surface area contributed by atoms with Crippen molar-refractivity contribution in [2.75, 3.05) is 39.4 Å². The van der Waals surface area contributed by atoms with Crippen LogP contribution in [0.4, 0.5) is 10.1 Å². The fourth-order valence-electron chi connectivity index (χ4n) is 2.82. The van der Waals surface area contributed by atoms with Gasteiger partial charge in [0.25, 0.3) is 0 Å². The summed E-state index contributed by atoms with van der Waals surface area (Å²) in [6, 6.07) is 4.13. The second-order valence-corrected chi connectivity index (χ2v) is 6.30. The number of aromatic amines is 1. The lowest BCUT2D eigenvalue weighted by atomic mass is 10.2. The first-order valence-electron chi connectivity index (χ1n) is 8.24. The van der Waals surface area contributed by atoms with Gasteiger partial charge in [-0.1, -0.05) is 0 Å². The van der Waals surface area contributed by atoms with Gasteiger partial charge in [-0.15, -0.1) is 10.2 Å². The van der Waals surface area contributed by atoms with E-state index in [-0.39, 0.29) is 16.7 Å². The van der Waals surface area contributed by atoms with Gasteiger partial charge < -0.3 is 25.0 Å². The fraction of sp³-hybridized carbons (Fsp3) is 0.438. The maximum atomic E-state index is 13.2. The van der Waals surface area contributed by atoms with Crippen LogP contribution in [0.1, 0.15) is 6.42 Å². The average Bonchev–Trinajstić information content (AvgIpc) is 2.92. The van der Waals surface area contributed by atoms with Crippen molar-refractivity contribution in [3.63, 3.8) is 0 Å². The van der Waals surface area contributed by atoms with Gasteiger partial charge in [-0.25, -0.2) is 4.39 Å². The number of ether oxygens (including phenoxy) is 1. The number of thiocarbonyl (C=S) groups is 1. The molecule has 9 heteroatoms. The minimum atomic E-state index is -0.392. The number of nitrogens with one attached hydrogen (secondary N) is 3. The molecule has 2 aromatic rings. The highest BCUT2D eigenvalue weighted by molar-refractivity contribution is 7.80. The van der Waals surface area contributed by atoms with Crippen molar-refractivity contribution in [1.82, 2.24) is 10.3 Å². The monoisotopic (exact) mass is 366 g/mol. The van der Waals surface area contributed by atoms with E-state index in [9.17, 15) is 9.50 Å². The molecule has 0 spiro atoms. The van der Waals surface area contributed by atoms with Crippen LogP contribution >= 0.6 is 12.2 Å². The van der Waals surface area contributed by atoms with Gasteiger partial charge in [0, 0.05) is 18.4 Å². The van der Waals surface area contributed by atoms with E-state index < -0.39 is 5.82 Å². The molecule has 0 atom stereocenters. The van der Waals surface area contributed by atoms with Crippen LogP contribution in [-0.2, 0) is 4.74 Å². The zero-order valence-electron chi connectivity index (χ0n) is 13.7. The van der Waals surface area contributed by atoms with Crippen molar-refractivity contribution < 1.29 is 19.1 Å². The summed E-state index contributed by atoms with van der Waals surface area (Å²) in [6.07, 6.45) is 0.975. The van der Waals surface area contributed by atoms with E-state index in [0.29, 0.717) is 17.4 Å². The third kappa shape index (κ3) is 4.71. The molecular weight excluding hydrogens is 345 g/mol. The number of nitrogens with zero attached hydrogens (tertiary/aromatic N) is 2. The molecule has 25 heavy (non-hydrogen) atoms. The molecule has 0 radical (unpaired) electrons. The molecule has 1 aromatic heterocycles. The minimum Gasteiger partial charge on any atom is -0.493 e. The molecule has 3 rings (SSSR count). The predicted molar refractivity (Wildman–Crippen MR) is 96.0 cm³/mol. The number of rotatable bonds is 5. The molecule has 134 valence electrons. The molecule has 0 saturated carbocycles. The summed E-state index contributed by atoms with van der Waals surface area (Å²) < 4.78 is 18.5. The molecule has 1 aliphatic heterocycles. The molecule has 0 aliphatic carbocycles. The number of hydrogen-bond donors (Lipinski definition) is 4. The van der Waals surface area contributed by atoms with Crippen LogP contribution in [0, 0.1) is 5.82 Å². The number of azo groups is 1. The van der Waals surface area contributed by atoms with Gasteiger partial charge in [-0.3, -0.25) is 0 Å². The smallest absolute Gasteiger partial charge is 0.218 e. The zero-order chi connectivity index (χ0) is 17.6. The van der Waals surface area contributed by atoms with E-state index in [1.54, 1.807) is 0 Å². The number of aromatic nitrogens is 1. The Kier molecular flexibility index (Phi) is 5.90. The van der Waals surface area contributed by atoms with Crippen molar-refractivity contribution in [3.8, 4) is 5.88 Å². The maximum absolute atomic E-state index is 13.2. The largest absolute Gasteiger partial charge is 0.493 e. The van der Waals surface area contributed by atoms with Crippen molar-refractivity contribution in [1.29, 1.82) is 0 Å². The number of quaternary nitrogens is 1. The number of hydrogen-bond acceptors (Lipinski definition) is 4. The van der Waals surface area contributed by atoms with Crippen LogP contribution in [-0.4, -0.2) is 54.6 Å². The standard InChI is InChI=1S/C16H20FN5O2S/c17-11-2-3-12-13(10-11)19-15(23)14(12)20-21-16(25)18-4-1-5-22-6-8-24-9-7-22/h2-3,10,19,23H,1,4-9H2,(H,18,25)/p+1. The van der Waals surface area contributed by atoms with Gasteiger partial charge >= 0.3 is 0 Å². The van der Waals surface area contributed by atoms with Crippen molar-refractivity contribution in [2.24, 2.45) is 10.2 Å². The number of morpholine rings is 1. The summed E-state index contributed by atoms with van der Waals surface area (Å²) in [6.45, 7) is 5.52. The molecule has 1 aliphatic rings. The number of halogens is 1. The van der Waals surface area contributed by atoms with Crippen LogP contribution in [0.25, 0.3) is 10.9 Å². The molecule has 7 nitrogen and oxygen atoms in total. The van der Waals surface area contributed by atoms with Crippen LogP contribution in [0.15, 0.2) is 28.4 Å². The summed E-state index contributed by atoms with van der Waals surface area (Å²) in [4.78, 5) is 4.20. The molecule has 0 amide bonds. The van der Waals surface area contributed by atoms with E-state index in [2.05, 4.69) is 20.5 Å². The number of benzene rings is 1. The fourth-order valence-corrected chi connectivity index (χ4v) is 2.96. The highest BCUT2D eigenvalue weighted by Gasteiger charge is 2.13. The summed E-state index contributed by atoms with van der Waals surface area (Å²) in [5, 5.41) is 21.7. The summed E-state index contributed by atoms with van der Waals surface area (Å²) in [5.41, 5.74) is 0.704. The number of H-pyrrole nitrogens is 1. The second kappa shape index (κ2) is 8.32. The van der Waals surface area contributed by atoms with E-state index >= 15 is 0 Å². The van der Waals surface area contributed by atoms with Crippen molar-refractivity contribution in [3.05, 3.63) is 24.0 Å². The Morgan fingerprint density at radius 2 is 2.20 bits per heavy atom.